The quantitative estimate of drug-likeness (QED) is 0.674. The third-order valence-corrected chi connectivity index (χ3v) is 2.88. The van der Waals surface area contributed by atoms with E-state index in [1.165, 1.54) is 12.3 Å². The molecule has 0 aliphatic heterocycles. The minimum absolute atomic E-state index is 0.00783. The van der Waals surface area contributed by atoms with E-state index in [0.29, 0.717) is 19.7 Å². The largest absolute Gasteiger partial charge is 0.383 e. The first kappa shape index (κ1) is 16.5. The predicted octanol–water partition coefficient (Wildman–Crippen LogP) is 1.26. The molecule has 20 heavy (non-hydrogen) atoms. The SMILES string of the molecule is COCCN(CCCN(C)C)C(=O)c1cccnc1F. The van der Waals surface area contributed by atoms with E-state index < -0.39 is 5.95 Å². The van der Waals surface area contributed by atoms with Crippen LogP contribution in [0.3, 0.4) is 0 Å². The van der Waals surface area contributed by atoms with Crippen molar-refractivity contribution in [1.29, 1.82) is 0 Å². The molecule has 0 aromatic carbocycles. The molecule has 0 saturated carbocycles. The van der Waals surface area contributed by atoms with Gasteiger partial charge in [-0.1, -0.05) is 0 Å². The summed E-state index contributed by atoms with van der Waals surface area (Å²) >= 11 is 0. The van der Waals surface area contributed by atoms with E-state index in [2.05, 4.69) is 4.98 Å². The number of hydrogen-bond acceptors (Lipinski definition) is 4. The van der Waals surface area contributed by atoms with Crippen molar-refractivity contribution in [3.05, 3.63) is 29.8 Å². The number of aromatic nitrogens is 1. The van der Waals surface area contributed by atoms with Crippen LogP contribution < -0.4 is 0 Å². The van der Waals surface area contributed by atoms with Crippen LogP contribution in [-0.2, 0) is 4.74 Å². The van der Waals surface area contributed by atoms with E-state index in [4.69, 9.17) is 4.74 Å². The Kier molecular flexibility index (Phi) is 7.11. The van der Waals surface area contributed by atoms with E-state index in [1.54, 1.807) is 18.1 Å². The number of carbonyl (C=O) groups excluding carboxylic acids is 1. The Labute approximate surface area is 119 Å². The van der Waals surface area contributed by atoms with Gasteiger partial charge in [-0.05, 0) is 39.2 Å². The van der Waals surface area contributed by atoms with Crippen LogP contribution in [0, 0.1) is 5.95 Å². The van der Waals surface area contributed by atoms with E-state index in [0.717, 1.165) is 13.0 Å². The zero-order valence-electron chi connectivity index (χ0n) is 12.3. The minimum Gasteiger partial charge on any atom is -0.383 e. The maximum atomic E-state index is 13.6. The van der Waals surface area contributed by atoms with Gasteiger partial charge in [0, 0.05) is 26.4 Å². The molecule has 1 amide bonds. The van der Waals surface area contributed by atoms with Crippen LogP contribution in [-0.4, -0.2) is 68.1 Å². The molecule has 0 fully saturated rings. The van der Waals surface area contributed by atoms with Crippen molar-refractivity contribution in [3.63, 3.8) is 0 Å². The fourth-order valence-corrected chi connectivity index (χ4v) is 1.81. The summed E-state index contributed by atoms with van der Waals surface area (Å²) in [6.45, 7) is 2.30. The first-order chi connectivity index (χ1) is 9.56. The number of carbonyl (C=O) groups is 1. The van der Waals surface area contributed by atoms with E-state index in [-0.39, 0.29) is 11.5 Å². The molecule has 1 aromatic rings. The molecule has 0 unspecified atom stereocenters. The lowest BCUT2D eigenvalue weighted by atomic mass is 10.2. The van der Waals surface area contributed by atoms with Gasteiger partial charge in [0.15, 0.2) is 0 Å². The summed E-state index contributed by atoms with van der Waals surface area (Å²) in [7, 11) is 5.53. The lowest BCUT2D eigenvalue weighted by Gasteiger charge is -2.23. The Morgan fingerprint density at radius 3 is 2.70 bits per heavy atom. The highest BCUT2D eigenvalue weighted by Crippen LogP contribution is 2.08. The lowest BCUT2D eigenvalue weighted by molar-refractivity contribution is 0.0683. The van der Waals surface area contributed by atoms with Crippen LogP contribution in [0.2, 0.25) is 0 Å². The first-order valence-electron chi connectivity index (χ1n) is 6.59. The zero-order valence-corrected chi connectivity index (χ0v) is 12.3. The maximum Gasteiger partial charge on any atom is 0.258 e. The lowest BCUT2D eigenvalue weighted by Crippen LogP contribution is -2.36. The summed E-state index contributed by atoms with van der Waals surface area (Å²) in [6, 6.07) is 3.01. The molecular formula is C14H22FN3O2. The third kappa shape index (κ3) is 5.22. The number of rotatable bonds is 8. The van der Waals surface area contributed by atoms with Crippen molar-refractivity contribution in [2.24, 2.45) is 0 Å². The number of hydrogen-bond donors (Lipinski definition) is 0. The summed E-state index contributed by atoms with van der Waals surface area (Å²) < 4.78 is 18.6. The standard InChI is InChI=1S/C14H22FN3O2/c1-17(2)8-5-9-18(10-11-20-3)14(19)12-6-4-7-16-13(12)15/h4,6-7H,5,8-11H2,1-3H3. The molecule has 0 spiro atoms. The smallest absolute Gasteiger partial charge is 0.258 e. The van der Waals surface area contributed by atoms with Gasteiger partial charge in [0.1, 0.15) is 0 Å². The number of methoxy groups -OCH3 is 1. The molecule has 1 heterocycles. The van der Waals surface area contributed by atoms with E-state index >= 15 is 0 Å². The predicted molar refractivity (Wildman–Crippen MR) is 75.1 cm³/mol. The van der Waals surface area contributed by atoms with Crippen LogP contribution >= 0.6 is 0 Å². The Morgan fingerprint density at radius 1 is 1.35 bits per heavy atom. The zero-order chi connectivity index (χ0) is 15.0. The highest BCUT2D eigenvalue weighted by atomic mass is 19.1. The van der Waals surface area contributed by atoms with Crippen molar-refractivity contribution in [2.45, 2.75) is 6.42 Å². The summed E-state index contributed by atoms with van der Waals surface area (Å²) in [5, 5.41) is 0. The molecule has 0 aliphatic rings. The second-order valence-corrected chi connectivity index (χ2v) is 4.78. The summed E-state index contributed by atoms with van der Waals surface area (Å²) in [5.74, 6) is -1.07. The van der Waals surface area contributed by atoms with Crippen LogP contribution in [0.4, 0.5) is 4.39 Å². The van der Waals surface area contributed by atoms with Crippen LogP contribution in [0.5, 0.6) is 0 Å². The Hall–Kier alpha value is -1.53. The van der Waals surface area contributed by atoms with Crippen molar-refractivity contribution in [2.75, 3.05) is 47.4 Å². The fourth-order valence-electron chi connectivity index (χ4n) is 1.81. The third-order valence-electron chi connectivity index (χ3n) is 2.88. The molecule has 0 bridgehead atoms. The van der Waals surface area contributed by atoms with E-state index in [9.17, 15) is 9.18 Å². The molecule has 6 heteroatoms. The van der Waals surface area contributed by atoms with Gasteiger partial charge in [-0.15, -0.1) is 0 Å². The number of ether oxygens (including phenoxy) is 1. The normalized spacial score (nSPS) is 10.8. The molecule has 1 aromatic heterocycles. The highest BCUT2D eigenvalue weighted by Gasteiger charge is 2.19. The van der Waals surface area contributed by atoms with Crippen LogP contribution in [0.25, 0.3) is 0 Å². The number of amides is 1. The highest BCUT2D eigenvalue weighted by molar-refractivity contribution is 5.94. The van der Waals surface area contributed by atoms with Gasteiger partial charge in [-0.2, -0.15) is 4.39 Å². The second-order valence-electron chi connectivity index (χ2n) is 4.78. The molecule has 1 rings (SSSR count). The van der Waals surface area contributed by atoms with Crippen molar-refractivity contribution >= 4 is 5.91 Å². The molecule has 5 nitrogen and oxygen atoms in total. The number of halogens is 1. The summed E-state index contributed by atoms with van der Waals surface area (Å²) in [6.07, 6.45) is 2.15. The van der Waals surface area contributed by atoms with Crippen molar-refractivity contribution < 1.29 is 13.9 Å². The van der Waals surface area contributed by atoms with Gasteiger partial charge in [-0.3, -0.25) is 4.79 Å². The molecule has 112 valence electrons. The Morgan fingerprint density at radius 2 is 2.10 bits per heavy atom. The van der Waals surface area contributed by atoms with Gasteiger partial charge in [-0.25, -0.2) is 4.98 Å². The van der Waals surface area contributed by atoms with Crippen molar-refractivity contribution in [1.82, 2.24) is 14.8 Å². The summed E-state index contributed by atoms with van der Waals surface area (Å²) in [5.41, 5.74) is 0.00783. The van der Waals surface area contributed by atoms with Gasteiger partial charge in [0.05, 0.1) is 12.2 Å². The molecule has 0 N–H and O–H groups in total. The monoisotopic (exact) mass is 283 g/mol. The number of pyridine rings is 1. The maximum absolute atomic E-state index is 13.6. The van der Waals surface area contributed by atoms with Gasteiger partial charge in [0.2, 0.25) is 5.95 Å². The van der Waals surface area contributed by atoms with Crippen molar-refractivity contribution in [3.8, 4) is 0 Å². The summed E-state index contributed by atoms with van der Waals surface area (Å²) in [4.78, 5) is 19.5. The van der Waals surface area contributed by atoms with Gasteiger partial charge >= 0.3 is 0 Å². The molecule has 0 atom stereocenters. The topological polar surface area (TPSA) is 45.7 Å². The average Bonchev–Trinajstić information content (AvgIpc) is 2.42. The Bertz CT molecular complexity index is 427. The molecule has 0 saturated heterocycles. The fraction of sp³-hybridized carbons (Fsp3) is 0.571. The second kappa shape index (κ2) is 8.60. The van der Waals surface area contributed by atoms with Gasteiger partial charge < -0.3 is 14.5 Å². The Balaban J connectivity index is 2.71. The van der Waals surface area contributed by atoms with Gasteiger partial charge in [0.25, 0.3) is 5.91 Å². The van der Waals surface area contributed by atoms with Crippen LogP contribution in [0.15, 0.2) is 18.3 Å². The minimum atomic E-state index is -0.729. The molecule has 0 aliphatic carbocycles. The van der Waals surface area contributed by atoms with E-state index in [1.807, 2.05) is 19.0 Å². The molecular weight excluding hydrogens is 261 g/mol. The first-order valence-corrected chi connectivity index (χ1v) is 6.59. The van der Waals surface area contributed by atoms with Crippen LogP contribution in [0.1, 0.15) is 16.8 Å². The number of nitrogens with zero attached hydrogens (tertiary/aromatic N) is 3. The average molecular weight is 283 g/mol. The molecule has 0 radical (unpaired) electrons.